The molecule has 0 amide bonds. The second-order valence-corrected chi connectivity index (χ2v) is 3.55. The molecule has 0 aliphatic rings. The van der Waals surface area contributed by atoms with E-state index in [1.165, 1.54) is 0 Å². The minimum Gasteiger partial charge on any atom is -0.492 e. The van der Waals surface area contributed by atoms with Gasteiger partial charge in [-0.1, -0.05) is 23.8 Å². The fourth-order valence-electron chi connectivity index (χ4n) is 1.23. The third-order valence-electron chi connectivity index (χ3n) is 1.82. The Balaban J connectivity index is 2.30. The van der Waals surface area contributed by atoms with Crippen LogP contribution in [0.1, 0.15) is 13.3 Å². The van der Waals surface area contributed by atoms with Crippen LogP contribution in [0.15, 0.2) is 42.5 Å². The van der Waals surface area contributed by atoms with Gasteiger partial charge in [0.25, 0.3) is 0 Å². The molecule has 0 saturated heterocycles. The van der Waals surface area contributed by atoms with Crippen LogP contribution in [0.4, 0.5) is 0 Å². The molecule has 1 aromatic carbocycles. The summed E-state index contributed by atoms with van der Waals surface area (Å²) >= 11 is 0. The predicted molar refractivity (Wildman–Crippen MR) is 59.3 cm³/mol. The lowest BCUT2D eigenvalue weighted by Crippen LogP contribution is -2.27. The van der Waals surface area contributed by atoms with Crippen molar-refractivity contribution in [2.24, 2.45) is 5.73 Å². The van der Waals surface area contributed by atoms with E-state index in [2.05, 4.69) is 6.58 Å². The molecule has 0 aromatic heterocycles. The van der Waals surface area contributed by atoms with Crippen molar-refractivity contribution in [3.05, 3.63) is 42.5 Å². The molecule has 1 atom stereocenters. The lowest BCUT2D eigenvalue weighted by atomic mass is 10.1. The molecule has 0 aliphatic heterocycles. The Labute approximate surface area is 85.4 Å². The van der Waals surface area contributed by atoms with Gasteiger partial charge in [0, 0.05) is 6.04 Å². The van der Waals surface area contributed by atoms with Crippen molar-refractivity contribution in [2.45, 2.75) is 19.4 Å². The standard InChI is InChI=1S/C12H17NO/c1-10(2)8-11(13)9-14-12-6-4-3-5-7-12/h3-7,11H,1,8-9,13H2,2H3. The molecule has 0 spiro atoms. The molecule has 0 fully saturated rings. The zero-order valence-electron chi connectivity index (χ0n) is 8.57. The van der Waals surface area contributed by atoms with Crippen LogP contribution in [-0.2, 0) is 0 Å². The number of benzene rings is 1. The first-order valence-corrected chi connectivity index (χ1v) is 4.76. The number of hydrogen-bond donors (Lipinski definition) is 1. The minimum absolute atomic E-state index is 0.0349. The Morgan fingerprint density at radius 2 is 2.07 bits per heavy atom. The molecule has 14 heavy (non-hydrogen) atoms. The van der Waals surface area contributed by atoms with Gasteiger partial charge in [-0.15, -0.1) is 6.58 Å². The average molecular weight is 191 g/mol. The molecule has 2 heteroatoms. The predicted octanol–water partition coefficient (Wildman–Crippen LogP) is 2.36. The highest BCUT2D eigenvalue weighted by Gasteiger charge is 2.03. The average Bonchev–Trinajstić information content (AvgIpc) is 2.15. The third kappa shape index (κ3) is 4.10. The Bertz CT molecular complexity index is 282. The first-order valence-electron chi connectivity index (χ1n) is 4.76. The molecular weight excluding hydrogens is 174 g/mol. The van der Waals surface area contributed by atoms with Crippen LogP contribution < -0.4 is 10.5 Å². The summed E-state index contributed by atoms with van der Waals surface area (Å²) in [5.74, 6) is 0.865. The van der Waals surface area contributed by atoms with Gasteiger partial charge in [0.2, 0.25) is 0 Å². The van der Waals surface area contributed by atoms with Crippen molar-refractivity contribution >= 4 is 0 Å². The van der Waals surface area contributed by atoms with E-state index in [-0.39, 0.29) is 6.04 Å². The maximum Gasteiger partial charge on any atom is 0.119 e. The van der Waals surface area contributed by atoms with Gasteiger partial charge >= 0.3 is 0 Å². The fourth-order valence-corrected chi connectivity index (χ4v) is 1.23. The second kappa shape index (κ2) is 5.45. The van der Waals surface area contributed by atoms with Crippen molar-refractivity contribution in [1.29, 1.82) is 0 Å². The minimum atomic E-state index is 0.0349. The quantitative estimate of drug-likeness (QED) is 0.725. The van der Waals surface area contributed by atoms with Crippen LogP contribution in [0.25, 0.3) is 0 Å². The number of rotatable bonds is 5. The van der Waals surface area contributed by atoms with Crippen molar-refractivity contribution in [2.75, 3.05) is 6.61 Å². The van der Waals surface area contributed by atoms with Crippen molar-refractivity contribution < 1.29 is 4.74 Å². The molecule has 0 aliphatic carbocycles. The van der Waals surface area contributed by atoms with Crippen LogP contribution in [0.2, 0.25) is 0 Å². The monoisotopic (exact) mass is 191 g/mol. The van der Waals surface area contributed by atoms with Crippen LogP contribution in [0.3, 0.4) is 0 Å². The molecule has 1 rings (SSSR count). The molecule has 0 saturated carbocycles. The topological polar surface area (TPSA) is 35.2 Å². The Kier molecular flexibility index (Phi) is 4.20. The summed E-state index contributed by atoms with van der Waals surface area (Å²) in [7, 11) is 0. The van der Waals surface area contributed by atoms with Crippen LogP contribution in [-0.4, -0.2) is 12.6 Å². The molecule has 2 nitrogen and oxygen atoms in total. The van der Waals surface area contributed by atoms with Gasteiger partial charge in [0.1, 0.15) is 12.4 Å². The first kappa shape index (κ1) is 10.8. The zero-order valence-corrected chi connectivity index (χ0v) is 8.57. The van der Waals surface area contributed by atoms with Gasteiger partial charge in [0.15, 0.2) is 0 Å². The van der Waals surface area contributed by atoms with E-state index in [4.69, 9.17) is 10.5 Å². The summed E-state index contributed by atoms with van der Waals surface area (Å²) < 4.78 is 5.50. The maximum absolute atomic E-state index is 5.84. The van der Waals surface area contributed by atoms with Crippen LogP contribution >= 0.6 is 0 Å². The number of nitrogens with two attached hydrogens (primary N) is 1. The molecule has 0 radical (unpaired) electrons. The van der Waals surface area contributed by atoms with E-state index in [9.17, 15) is 0 Å². The Morgan fingerprint density at radius 3 is 2.64 bits per heavy atom. The summed E-state index contributed by atoms with van der Waals surface area (Å²) in [4.78, 5) is 0. The van der Waals surface area contributed by atoms with Crippen LogP contribution in [0.5, 0.6) is 5.75 Å². The lowest BCUT2D eigenvalue weighted by molar-refractivity contribution is 0.287. The van der Waals surface area contributed by atoms with E-state index in [1.54, 1.807) is 0 Å². The third-order valence-corrected chi connectivity index (χ3v) is 1.82. The smallest absolute Gasteiger partial charge is 0.119 e. The van der Waals surface area contributed by atoms with E-state index in [1.807, 2.05) is 37.3 Å². The summed E-state index contributed by atoms with van der Waals surface area (Å²) in [6.07, 6.45) is 0.812. The van der Waals surface area contributed by atoms with Crippen molar-refractivity contribution in [1.82, 2.24) is 0 Å². The summed E-state index contributed by atoms with van der Waals surface area (Å²) in [5, 5.41) is 0. The molecule has 2 N–H and O–H groups in total. The van der Waals surface area contributed by atoms with Crippen molar-refractivity contribution in [3.8, 4) is 5.75 Å². The highest BCUT2D eigenvalue weighted by atomic mass is 16.5. The first-order chi connectivity index (χ1) is 6.68. The maximum atomic E-state index is 5.84. The molecule has 76 valence electrons. The number of ether oxygens (including phenoxy) is 1. The lowest BCUT2D eigenvalue weighted by Gasteiger charge is -2.12. The second-order valence-electron chi connectivity index (χ2n) is 3.55. The highest BCUT2D eigenvalue weighted by molar-refractivity contribution is 5.20. The fraction of sp³-hybridized carbons (Fsp3) is 0.333. The highest BCUT2D eigenvalue weighted by Crippen LogP contribution is 2.09. The summed E-state index contributed by atoms with van der Waals surface area (Å²) in [6.45, 7) is 6.33. The normalized spacial score (nSPS) is 12.1. The van der Waals surface area contributed by atoms with Gasteiger partial charge < -0.3 is 10.5 Å². The Morgan fingerprint density at radius 1 is 1.43 bits per heavy atom. The van der Waals surface area contributed by atoms with Gasteiger partial charge in [-0.05, 0) is 25.5 Å². The molecule has 1 aromatic rings. The summed E-state index contributed by atoms with van der Waals surface area (Å²) in [6, 6.07) is 9.73. The zero-order chi connectivity index (χ0) is 10.4. The summed E-state index contributed by atoms with van der Waals surface area (Å²) in [5.41, 5.74) is 6.93. The van der Waals surface area contributed by atoms with E-state index >= 15 is 0 Å². The largest absolute Gasteiger partial charge is 0.492 e. The Hall–Kier alpha value is -1.28. The number of para-hydroxylation sites is 1. The molecule has 0 heterocycles. The van der Waals surface area contributed by atoms with Gasteiger partial charge in [-0.25, -0.2) is 0 Å². The number of hydrogen-bond acceptors (Lipinski definition) is 2. The van der Waals surface area contributed by atoms with Crippen molar-refractivity contribution in [3.63, 3.8) is 0 Å². The van der Waals surface area contributed by atoms with E-state index < -0.39 is 0 Å². The van der Waals surface area contributed by atoms with Gasteiger partial charge in [-0.3, -0.25) is 0 Å². The van der Waals surface area contributed by atoms with E-state index in [0.717, 1.165) is 17.7 Å². The van der Waals surface area contributed by atoms with Crippen LogP contribution in [0, 0.1) is 0 Å². The van der Waals surface area contributed by atoms with Gasteiger partial charge in [-0.2, -0.15) is 0 Å². The molecular formula is C12H17NO. The SMILES string of the molecule is C=C(C)CC(N)COc1ccccc1. The molecule has 0 bridgehead atoms. The van der Waals surface area contributed by atoms with Gasteiger partial charge in [0.05, 0.1) is 0 Å². The van der Waals surface area contributed by atoms with E-state index in [0.29, 0.717) is 6.61 Å². The molecule has 1 unspecified atom stereocenters.